The molecule has 9 heteroatoms. The summed E-state index contributed by atoms with van der Waals surface area (Å²) in [4.78, 5) is 28.9. The molecule has 0 bridgehead atoms. The maximum Gasteiger partial charge on any atom is 0.283 e. The lowest BCUT2D eigenvalue weighted by atomic mass is 10.1. The number of nitrogens with zero attached hydrogens (tertiary/aromatic N) is 4. The molecule has 1 atom stereocenters. The van der Waals surface area contributed by atoms with Crippen molar-refractivity contribution in [3.63, 3.8) is 0 Å². The van der Waals surface area contributed by atoms with E-state index in [0.717, 1.165) is 6.42 Å². The van der Waals surface area contributed by atoms with Gasteiger partial charge in [0.05, 0.1) is 30.2 Å². The van der Waals surface area contributed by atoms with Crippen molar-refractivity contribution in [2.75, 3.05) is 23.3 Å². The molecule has 3 heterocycles. The molecule has 1 aliphatic rings. The van der Waals surface area contributed by atoms with Crippen molar-refractivity contribution in [3.05, 3.63) is 48.6 Å². The van der Waals surface area contributed by atoms with E-state index in [1.165, 1.54) is 11.2 Å². The molecule has 1 N–H and O–H groups in total. The van der Waals surface area contributed by atoms with Gasteiger partial charge in [0, 0.05) is 0 Å². The third-order valence-electron chi connectivity index (χ3n) is 4.99. The minimum atomic E-state index is -0.483. The minimum absolute atomic E-state index is 0.0106. The predicted molar refractivity (Wildman–Crippen MR) is 110 cm³/mol. The van der Waals surface area contributed by atoms with Gasteiger partial charge >= 0.3 is 0 Å². The summed E-state index contributed by atoms with van der Waals surface area (Å²) in [6.07, 6.45) is 2.38. The fourth-order valence-corrected chi connectivity index (χ4v) is 3.50. The fourth-order valence-electron chi connectivity index (χ4n) is 3.50. The second-order valence-corrected chi connectivity index (χ2v) is 7.11. The third kappa shape index (κ3) is 3.97. The molecule has 0 saturated carbocycles. The Morgan fingerprint density at radius 2 is 2.10 bits per heavy atom. The van der Waals surface area contributed by atoms with Crippen LogP contribution in [0.25, 0.3) is 11.7 Å². The van der Waals surface area contributed by atoms with Gasteiger partial charge in [-0.25, -0.2) is 0 Å². The van der Waals surface area contributed by atoms with Gasteiger partial charge in [-0.15, -0.1) is 10.2 Å². The van der Waals surface area contributed by atoms with E-state index in [1.807, 2.05) is 36.9 Å². The Labute approximate surface area is 173 Å². The third-order valence-corrected chi connectivity index (χ3v) is 4.99. The molecule has 1 aliphatic heterocycles. The van der Waals surface area contributed by atoms with Crippen molar-refractivity contribution in [2.45, 2.75) is 32.9 Å². The first kappa shape index (κ1) is 19.8. The summed E-state index contributed by atoms with van der Waals surface area (Å²) in [5, 5.41) is 10.9. The standard InChI is InChI=1S/C21H23N5O4/c1-3-10-25(13-19-23-24-20(30-19)17-9-6-11-29-17)14(2)21(28)26-12-18(27)22-15-7-4-5-8-16(15)26/h4-9,11,14H,3,10,12-13H2,1-2H3,(H,22,27)/t14-/m1/s1. The van der Waals surface area contributed by atoms with Crippen LogP contribution in [0.2, 0.25) is 0 Å². The summed E-state index contributed by atoms with van der Waals surface area (Å²) in [6.45, 7) is 4.83. The number of carbonyl (C=O) groups excluding carboxylic acids is 2. The number of furan rings is 1. The number of anilines is 2. The predicted octanol–water partition coefficient (Wildman–Crippen LogP) is 2.92. The van der Waals surface area contributed by atoms with Gasteiger partial charge in [-0.3, -0.25) is 19.4 Å². The highest BCUT2D eigenvalue weighted by atomic mass is 16.4. The van der Waals surface area contributed by atoms with Gasteiger partial charge in [0.2, 0.25) is 17.7 Å². The zero-order valence-corrected chi connectivity index (χ0v) is 16.9. The number of hydrogen-bond acceptors (Lipinski definition) is 7. The molecule has 0 aliphatic carbocycles. The second kappa shape index (κ2) is 8.50. The van der Waals surface area contributed by atoms with Gasteiger partial charge in [0.15, 0.2) is 5.76 Å². The molecule has 30 heavy (non-hydrogen) atoms. The van der Waals surface area contributed by atoms with Crippen molar-refractivity contribution >= 4 is 23.2 Å². The number of fused-ring (bicyclic) bond motifs is 1. The lowest BCUT2D eigenvalue weighted by Crippen LogP contribution is -2.51. The minimum Gasteiger partial charge on any atom is -0.459 e. The molecule has 2 amide bonds. The van der Waals surface area contributed by atoms with E-state index < -0.39 is 6.04 Å². The Balaban J connectivity index is 1.53. The maximum absolute atomic E-state index is 13.3. The molecule has 2 aromatic heterocycles. The highest BCUT2D eigenvalue weighted by Crippen LogP contribution is 2.30. The monoisotopic (exact) mass is 409 g/mol. The number of para-hydroxylation sites is 2. The molecule has 1 aromatic carbocycles. The maximum atomic E-state index is 13.3. The molecule has 3 aromatic rings. The molecule has 0 saturated heterocycles. The molecule has 0 radical (unpaired) electrons. The van der Waals surface area contributed by atoms with Gasteiger partial charge in [-0.1, -0.05) is 19.1 Å². The van der Waals surface area contributed by atoms with Crippen LogP contribution in [0.15, 0.2) is 51.5 Å². The number of benzene rings is 1. The molecular formula is C21H23N5O4. The van der Waals surface area contributed by atoms with Gasteiger partial charge in [-0.05, 0) is 44.2 Å². The first-order valence-electron chi connectivity index (χ1n) is 9.87. The Morgan fingerprint density at radius 1 is 1.27 bits per heavy atom. The topological polar surface area (TPSA) is 105 Å². The lowest BCUT2D eigenvalue weighted by Gasteiger charge is -2.34. The molecule has 0 spiro atoms. The number of aromatic nitrogens is 2. The molecule has 0 fully saturated rings. The van der Waals surface area contributed by atoms with Crippen LogP contribution in [0.1, 0.15) is 26.2 Å². The van der Waals surface area contributed by atoms with Gasteiger partial charge < -0.3 is 14.2 Å². The summed E-state index contributed by atoms with van der Waals surface area (Å²) in [7, 11) is 0. The fraction of sp³-hybridized carbons (Fsp3) is 0.333. The zero-order valence-electron chi connectivity index (χ0n) is 16.9. The van der Waals surface area contributed by atoms with Gasteiger partial charge in [0.25, 0.3) is 5.89 Å². The lowest BCUT2D eigenvalue weighted by molar-refractivity contribution is -0.125. The summed E-state index contributed by atoms with van der Waals surface area (Å²) in [5.41, 5.74) is 1.33. The smallest absolute Gasteiger partial charge is 0.283 e. The van der Waals surface area contributed by atoms with E-state index in [2.05, 4.69) is 15.5 Å². The van der Waals surface area contributed by atoms with Gasteiger partial charge in [0.1, 0.15) is 6.54 Å². The van der Waals surface area contributed by atoms with E-state index in [-0.39, 0.29) is 18.4 Å². The van der Waals surface area contributed by atoms with Crippen molar-refractivity contribution in [3.8, 4) is 11.7 Å². The first-order valence-corrected chi connectivity index (χ1v) is 9.87. The normalized spacial score (nSPS) is 14.5. The molecule has 4 rings (SSSR count). The summed E-state index contributed by atoms with van der Waals surface area (Å²) in [6, 6.07) is 10.3. The van der Waals surface area contributed by atoms with Crippen molar-refractivity contribution in [1.82, 2.24) is 15.1 Å². The molecule has 0 unspecified atom stereocenters. The van der Waals surface area contributed by atoms with Crippen LogP contribution < -0.4 is 10.2 Å². The Hall–Kier alpha value is -3.46. The number of nitrogens with one attached hydrogen (secondary N) is 1. The van der Waals surface area contributed by atoms with E-state index in [4.69, 9.17) is 8.83 Å². The Morgan fingerprint density at radius 3 is 2.87 bits per heavy atom. The molecule has 156 valence electrons. The summed E-state index contributed by atoms with van der Waals surface area (Å²) < 4.78 is 11.0. The van der Waals surface area contributed by atoms with Crippen LogP contribution in [0.3, 0.4) is 0 Å². The second-order valence-electron chi connectivity index (χ2n) is 7.11. The zero-order chi connectivity index (χ0) is 21.1. The number of carbonyl (C=O) groups is 2. The van der Waals surface area contributed by atoms with Crippen LogP contribution in [0.4, 0.5) is 11.4 Å². The van der Waals surface area contributed by atoms with Crippen molar-refractivity contribution < 1.29 is 18.4 Å². The van der Waals surface area contributed by atoms with Crippen molar-refractivity contribution in [1.29, 1.82) is 0 Å². The van der Waals surface area contributed by atoms with E-state index in [9.17, 15) is 9.59 Å². The molecule has 9 nitrogen and oxygen atoms in total. The summed E-state index contributed by atoms with van der Waals surface area (Å²) in [5.74, 6) is 0.821. The average Bonchev–Trinajstić information content (AvgIpc) is 3.43. The molecular weight excluding hydrogens is 386 g/mol. The first-order chi connectivity index (χ1) is 14.6. The van der Waals surface area contributed by atoms with Crippen LogP contribution in [-0.4, -0.2) is 46.0 Å². The number of amides is 2. The van der Waals surface area contributed by atoms with Gasteiger partial charge in [-0.2, -0.15) is 0 Å². The van der Waals surface area contributed by atoms with Crippen LogP contribution in [0.5, 0.6) is 0 Å². The largest absolute Gasteiger partial charge is 0.459 e. The Bertz CT molecular complexity index is 1030. The van der Waals surface area contributed by atoms with Crippen LogP contribution in [0, 0.1) is 0 Å². The summed E-state index contributed by atoms with van der Waals surface area (Å²) >= 11 is 0. The number of rotatable bonds is 7. The van der Waals surface area contributed by atoms with Crippen molar-refractivity contribution in [2.24, 2.45) is 0 Å². The SMILES string of the molecule is CCCN(Cc1nnc(-c2ccco2)o1)[C@H](C)C(=O)N1CC(=O)Nc2ccccc21. The quantitative estimate of drug-likeness (QED) is 0.640. The highest BCUT2D eigenvalue weighted by molar-refractivity contribution is 6.11. The van der Waals surface area contributed by atoms with E-state index >= 15 is 0 Å². The van der Waals surface area contributed by atoms with E-state index in [1.54, 1.807) is 18.2 Å². The number of hydrogen-bond donors (Lipinski definition) is 1. The average molecular weight is 409 g/mol. The van der Waals surface area contributed by atoms with Crippen LogP contribution >= 0.6 is 0 Å². The van der Waals surface area contributed by atoms with E-state index in [0.29, 0.717) is 42.0 Å². The Kier molecular flexibility index (Phi) is 5.62. The van der Waals surface area contributed by atoms with Crippen LogP contribution in [-0.2, 0) is 16.1 Å². The highest BCUT2D eigenvalue weighted by Gasteiger charge is 2.32.